The van der Waals surface area contributed by atoms with Crippen LogP contribution in [0.3, 0.4) is 0 Å². The molecular weight excluding hydrogens is 212 g/mol. The van der Waals surface area contributed by atoms with Gasteiger partial charge >= 0.3 is 0 Å². The molecular formula is C14H24N2O. The van der Waals surface area contributed by atoms with E-state index in [-0.39, 0.29) is 5.54 Å². The summed E-state index contributed by atoms with van der Waals surface area (Å²) in [4.78, 5) is 14.8. The van der Waals surface area contributed by atoms with Crippen LogP contribution in [0.25, 0.3) is 0 Å². The number of hydrogen-bond donors (Lipinski definition) is 1. The molecule has 3 rings (SSSR count). The third kappa shape index (κ3) is 1.70. The first-order valence-corrected chi connectivity index (χ1v) is 7.28. The summed E-state index contributed by atoms with van der Waals surface area (Å²) in [5, 5.41) is 3.62. The molecule has 0 aromatic heterocycles. The van der Waals surface area contributed by atoms with Gasteiger partial charge < -0.3 is 4.90 Å². The summed E-state index contributed by atoms with van der Waals surface area (Å²) in [6.07, 6.45) is 8.50. The fourth-order valence-electron chi connectivity index (χ4n) is 3.73. The van der Waals surface area contributed by atoms with E-state index in [1.165, 1.54) is 19.3 Å². The van der Waals surface area contributed by atoms with Gasteiger partial charge in [-0.25, -0.2) is 0 Å². The van der Waals surface area contributed by atoms with Crippen LogP contribution < -0.4 is 5.32 Å². The SMILES string of the molecule is CCCC1NC2(CC2)C(=O)N1C1CCCC1C. The second kappa shape index (κ2) is 3.98. The Bertz CT molecular complexity index is 324. The van der Waals surface area contributed by atoms with Crippen LogP contribution in [0.4, 0.5) is 0 Å². The van der Waals surface area contributed by atoms with Gasteiger partial charge in [-0.05, 0) is 38.0 Å². The van der Waals surface area contributed by atoms with Crippen LogP contribution in [0.15, 0.2) is 0 Å². The van der Waals surface area contributed by atoms with Crippen molar-refractivity contribution in [3.63, 3.8) is 0 Å². The van der Waals surface area contributed by atoms with Gasteiger partial charge in [-0.1, -0.05) is 26.7 Å². The molecule has 3 unspecified atom stereocenters. The van der Waals surface area contributed by atoms with Gasteiger partial charge in [0.2, 0.25) is 5.91 Å². The number of rotatable bonds is 3. The third-order valence-electron chi connectivity index (χ3n) is 4.91. The van der Waals surface area contributed by atoms with Gasteiger partial charge in [0.1, 0.15) is 0 Å². The number of nitrogens with zero attached hydrogens (tertiary/aromatic N) is 1. The first kappa shape index (κ1) is 11.5. The monoisotopic (exact) mass is 236 g/mol. The molecule has 1 amide bonds. The van der Waals surface area contributed by atoms with Crippen molar-refractivity contribution in [1.82, 2.24) is 10.2 Å². The predicted octanol–water partition coefficient (Wildman–Crippen LogP) is 2.27. The molecule has 1 heterocycles. The summed E-state index contributed by atoms with van der Waals surface area (Å²) in [7, 11) is 0. The van der Waals surface area contributed by atoms with Gasteiger partial charge in [-0.2, -0.15) is 0 Å². The van der Waals surface area contributed by atoms with Crippen molar-refractivity contribution in [2.24, 2.45) is 5.92 Å². The highest BCUT2D eigenvalue weighted by Crippen LogP contribution is 2.45. The molecule has 1 N–H and O–H groups in total. The lowest BCUT2D eigenvalue weighted by atomic mass is 10.0. The number of carbonyl (C=O) groups excluding carboxylic acids is 1. The zero-order valence-electron chi connectivity index (χ0n) is 11.0. The molecule has 2 saturated carbocycles. The second-order valence-electron chi connectivity index (χ2n) is 6.22. The zero-order valence-corrected chi connectivity index (χ0v) is 11.0. The van der Waals surface area contributed by atoms with Crippen molar-refractivity contribution >= 4 is 5.91 Å². The van der Waals surface area contributed by atoms with E-state index >= 15 is 0 Å². The minimum Gasteiger partial charge on any atom is -0.322 e. The molecule has 96 valence electrons. The van der Waals surface area contributed by atoms with Gasteiger partial charge in [0.15, 0.2) is 0 Å². The summed E-state index contributed by atoms with van der Waals surface area (Å²) in [6.45, 7) is 4.52. The van der Waals surface area contributed by atoms with Crippen LogP contribution in [0.1, 0.15) is 58.8 Å². The molecule has 3 atom stereocenters. The molecule has 3 heteroatoms. The fraction of sp³-hybridized carbons (Fsp3) is 0.929. The smallest absolute Gasteiger partial charge is 0.244 e. The molecule has 3 aliphatic rings. The third-order valence-corrected chi connectivity index (χ3v) is 4.91. The lowest BCUT2D eigenvalue weighted by molar-refractivity contribution is -0.133. The van der Waals surface area contributed by atoms with Crippen LogP contribution in [0.5, 0.6) is 0 Å². The Morgan fingerprint density at radius 1 is 1.41 bits per heavy atom. The first-order valence-electron chi connectivity index (χ1n) is 7.28. The summed E-state index contributed by atoms with van der Waals surface area (Å²) >= 11 is 0. The summed E-state index contributed by atoms with van der Waals surface area (Å²) in [6, 6.07) is 0.506. The van der Waals surface area contributed by atoms with E-state index in [2.05, 4.69) is 24.1 Å². The van der Waals surface area contributed by atoms with Crippen LogP contribution >= 0.6 is 0 Å². The molecule has 1 spiro atoms. The molecule has 3 nitrogen and oxygen atoms in total. The summed E-state index contributed by atoms with van der Waals surface area (Å²) in [5.74, 6) is 1.10. The normalized spacial score (nSPS) is 39.3. The molecule has 2 aliphatic carbocycles. The van der Waals surface area contributed by atoms with E-state index in [0.29, 0.717) is 24.0 Å². The lowest BCUT2D eigenvalue weighted by Gasteiger charge is -2.32. The largest absolute Gasteiger partial charge is 0.322 e. The van der Waals surface area contributed by atoms with Crippen molar-refractivity contribution in [3.8, 4) is 0 Å². The Kier molecular flexibility index (Phi) is 2.69. The zero-order chi connectivity index (χ0) is 12.0. The standard InChI is InChI=1S/C14H24N2O/c1-3-5-12-15-14(8-9-14)13(17)16(12)11-7-4-6-10(11)2/h10-12,15H,3-9H2,1-2H3. The van der Waals surface area contributed by atoms with E-state index in [1.807, 2.05) is 0 Å². The quantitative estimate of drug-likeness (QED) is 0.815. The number of hydrogen-bond acceptors (Lipinski definition) is 2. The van der Waals surface area contributed by atoms with E-state index < -0.39 is 0 Å². The topological polar surface area (TPSA) is 32.3 Å². The second-order valence-corrected chi connectivity index (χ2v) is 6.22. The highest BCUT2D eigenvalue weighted by atomic mass is 16.2. The maximum absolute atomic E-state index is 12.6. The van der Waals surface area contributed by atoms with Crippen LogP contribution in [0.2, 0.25) is 0 Å². The Morgan fingerprint density at radius 2 is 2.18 bits per heavy atom. The Morgan fingerprint density at radius 3 is 2.71 bits per heavy atom. The number of carbonyl (C=O) groups is 1. The van der Waals surface area contributed by atoms with E-state index in [9.17, 15) is 4.79 Å². The molecule has 0 radical (unpaired) electrons. The van der Waals surface area contributed by atoms with Crippen molar-refractivity contribution in [3.05, 3.63) is 0 Å². The minimum atomic E-state index is -0.123. The van der Waals surface area contributed by atoms with Crippen molar-refractivity contribution in [2.45, 2.75) is 76.5 Å². The Balaban J connectivity index is 1.81. The van der Waals surface area contributed by atoms with Crippen LogP contribution in [-0.2, 0) is 4.79 Å². The van der Waals surface area contributed by atoms with Crippen molar-refractivity contribution in [1.29, 1.82) is 0 Å². The highest BCUT2D eigenvalue weighted by Gasteiger charge is 2.60. The fourth-order valence-corrected chi connectivity index (χ4v) is 3.73. The Hall–Kier alpha value is -0.570. The highest BCUT2D eigenvalue weighted by molar-refractivity contribution is 5.92. The van der Waals surface area contributed by atoms with Gasteiger partial charge in [-0.3, -0.25) is 10.1 Å². The lowest BCUT2D eigenvalue weighted by Crippen LogP contribution is -2.45. The molecule has 1 saturated heterocycles. The summed E-state index contributed by atoms with van der Waals surface area (Å²) < 4.78 is 0. The average molecular weight is 236 g/mol. The molecule has 1 aliphatic heterocycles. The predicted molar refractivity (Wildman–Crippen MR) is 67.4 cm³/mol. The molecule has 0 aromatic carbocycles. The molecule has 0 aromatic rings. The molecule has 17 heavy (non-hydrogen) atoms. The van der Waals surface area contributed by atoms with Gasteiger partial charge in [-0.15, -0.1) is 0 Å². The minimum absolute atomic E-state index is 0.123. The Labute approximate surface area is 104 Å². The van der Waals surface area contributed by atoms with E-state index in [4.69, 9.17) is 0 Å². The first-order chi connectivity index (χ1) is 8.18. The maximum atomic E-state index is 12.6. The van der Waals surface area contributed by atoms with Gasteiger partial charge in [0, 0.05) is 6.04 Å². The average Bonchev–Trinajstić information content (AvgIpc) is 2.89. The van der Waals surface area contributed by atoms with Crippen LogP contribution in [-0.4, -0.2) is 28.6 Å². The van der Waals surface area contributed by atoms with Gasteiger partial charge in [0.05, 0.1) is 11.7 Å². The number of nitrogens with one attached hydrogen (secondary N) is 1. The maximum Gasteiger partial charge on any atom is 0.244 e. The number of amides is 1. The van der Waals surface area contributed by atoms with E-state index in [1.54, 1.807) is 0 Å². The van der Waals surface area contributed by atoms with Gasteiger partial charge in [0.25, 0.3) is 0 Å². The molecule has 0 bridgehead atoms. The van der Waals surface area contributed by atoms with Crippen LogP contribution in [0, 0.1) is 5.92 Å². The van der Waals surface area contributed by atoms with Crippen molar-refractivity contribution in [2.75, 3.05) is 0 Å². The summed E-state index contributed by atoms with van der Waals surface area (Å²) in [5.41, 5.74) is -0.123. The van der Waals surface area contributed by atoms with Crippen molar-refractivity contribution < 1.29 is 4.79 Å². The molecule has 3 fully saturated rings. The van der Waals surface area contributed by atoms with E-state index in [0.717, 1.165) is 25.7 Å².